The summed E-state index contributed by atoms with van der Waals surface area (Å²) in [6.45, 7) is 6.75. The van der Waals surface area contributed by atoms with E-state index < -0.39 is 0 Å². The third-order valence-electron chi connectivity index (χ3n) is 6.34. The van der Waals surface area contributed by atoms with Gasteiger partial charge in [0, 0.05) is 24.8 Å². The van der Waals surface area contributed by atoms with Crippen LogP contribution in [0.4, 0.5) is 0 Å². The third kappa shape index (κ3) is 6.73. The monoisotopic (exact) mass is 476 g/mol. The second kappa shape index (κ2) is 12.5. The minimum atomic E-state index is -0.273. The van der Waals surface area contributed by atoms with Gasteiger partial charge in [0.15, 0.2) is 0 Å². The van der Waals surface area contributed by atoms with Gasteiger partial charge in [-0.3, -0.25) is 4.57 Å². The Hall–Kier alpha value is -3.12. The van der Waals surface area contributed by atoms with E-state index in [-0.39, 0.29) is 11.8 Å². The Bertz CT molecular complexity index is 1140. The van der Waals surface area contributed by atoms with E-state index in [2.05, 4.69) is 24.9 Å². The van der Waals surface area contributed by atoms with E-state index in [0.717, 1.165) is 54.0 Å². The van der Waals surface area contributed by atoms with Crippen molar-refractivity contribution in [2.45, 2.75) is 71.6 Å². The van der Waals surface area contributed by atoms with Gasteiger partial charge in [-0.15, -0.1) is 0 Å². The summed E-state index contributed by atoms with van der Waals surface area (Å²) in [6, 6.07) is 18.0. The number of ether oxygens (including phenoxy) is 3. The molecule has 186 valence electrons. The lowest BCUT2D eigenvalue weighted by Crippen LogP contribution is -2.29. The van der Waals surface area contributed by atoms with Gasteiger partial charge in [0.2, 0.25) is 5.88 Å². The summed E-state index contributed by atoms with van der Waals surface area (Å²) in [5.41, 5.74) is 3.88. The lowest BCUT2D eigenvalue weighted by atomic mass is 9.97. The number of hydrogen-bond donors (Lipinski definition) is 0. The number of aryl methyl sites for hydroxylation is 1. The Kier molecular flexibility index (Phi) is 8.96. The topological polar surface area (TPSA) is 62.6 Å². The molecular weight excluding hydrogens is 440 g/mol. The molecule has 0 N–H and O–H groups in total. The molecule has 0 bridgehead atoms. The highest BCUT2D eigenvalue weighted by molar-refractivity contribution is 5.67. The van der Waals surface area contributed by atoms with Crippen LogP contribution in [0.2, 0.25) is 0 Å². The quantitative estimate of drug-likeness (QED) is 0.411. The zero-order valence-corrected chi connectivity index (χ0v) is 20.9. The maximum atomic E-state index is 12.5. The van der Waals surface area contributed by atoms with Gasteiger partial charge in [0.1, 0.15) is 19.0 Å². The molecule has 0 aliphatic carbocycles. The van der Waals surface area contributed by atoms with Gasteiger partial charge in [-0.05, 0) is 48.6 Å². The molecule has 2 aliphatic rings. The van der Waals surface area contributed by atoms with Crippen LogP contribution in [0.25, 0.3) is 11.3 Å². The second-order valence-corrected chi connectivity index (χ2v) is 9.06. The Morgan fingerprint density at radius 1 is 1.06 bits per heavy atom. The molecule has 6 heteroatoms. The fourth-order valence-corrected chi connectivity index (χ4v) is 4.40. The van der Waals surface area contributed by atoms with Crippen LogP contribution in [0.5, 0.6) is 11.6 Å². The van der Waals surface area contributed by atoms with Crippen molar-refractivity contribution < 1.29 is 14.2 Å². The van der Waals surface area contributed by atoms with Crippen molar-refractivity contribution in [2.75, 3.05) is 13.2 Å². The van der Waals surface area contributed by atoms with Crippen molar-refractivity contribution in [3.8, 4) is 22.9 Å². The number of benzene rings is 2. The smallest absolute Gasteiger partial charge is 0.351 e. The van der Waals surface area contributed by atoms with Crippen molar-refractivity contribution in [3.63, 3.8) is 0 Å². The number of nitrogens with zero attached hydrogens (tertiary/aromatic N) is 2. The van der Waals surface area contributed by atoms with E-state index in [0.29, 0.717) is 25.6 Å². The molecule has 1 unspecified atom stereocenters. The molecule has 1 aromatic heterocycles. The maximum Gasteiger partial charge on any atom is 0.351 e. The molecule has 0 spiro atoms. The molecule has 5 rings (SSSR count). The van der Waals surface area contributed by atoms with Gasteiger partial charge >= 0.3 is 5.69 Å². The standard InChI is InChI=1S/C24H24N2O4.C5H12/c27-24-25-23(30-16-20-7-4-12-28-20)14-22-21-9-8-19(13-18(21)10-11-26(22)24)29-15-17-5-2-1-3-6-17;1-3-5-4-2/h1-3,5-6,8-9,13-14,20H,4,7,10-12,15-16H2;3-5H2,1-2H3. The van der Waals surface area contributed by atoms with Gasteiger partial charge < -0.3 is 14.2 Å². The lowest BCUT2D eigenvalue weighted by Gasteiger charge is -2.22. The van der Waals surface area contributed by atoms with Gasteiger partial charge in [0.25, 0.3) is 0 Å². The first-order chi connectivity index (χ1) is 17.2. The van der Waals surface area contributed by atoms with Crippen molar-refractivity contribution >= 4 is 0 Å². The molecular formula is C29H36N2O4. The van der Waals surface area contributed by atoms with Crippen LogP contribution in [0.3, 0.4) is 0 Å². The van der Waals surface area contributed by atoms with Crippen LogP contribution >= 0.6 is 0 Å². The number of rotatable bonds is 8. The largest absolute Gasteiger partial charge is 0.489 e. The molecule has 1 saturated heterocycles. The highest BCUT2D eigenvalue weighted by atomic mass is 16.5. The minimum Gasteiger partial charge on any atom is -0.489 e. The van der Waals surface area contributed by atoms with E-state index in [4.69, 9.17) is 14.2 Å². The second-order valence-electron chi connectivity index (χ2n) is 9.06. The molecule has 0 amide bonds. The normalized spacial score (nSPS) is 16.0. The Labute approximate surface area is 207 Å². The number of fused-ring (bicyclic) bond motifs is 3. The zero-order valence-electron chi connectivity index (χ0n) is 20.9. The molecule has 1 atom stereocenters. The number of aromatic nitrogens is 2. The van der Waals surface area contributed by atoms with Crippen LogP contribution in [-0.2, 0) is 24.3 Å². The number of unbranched alkanes of at least 4 members (excludes halogenated alkanes) is 2. The first-order valence-electron chi connectivity index (χ1n) is 12.8. The predicted octanol–water partition coefficient (Wildman–Crippen LogP) is 5.80. The van der Waals surface area contributed by atoms with Crippen LogP contribution in [-0.4, -0.2) is 28.9 Å². The fourth-order valence-electron chi connectivity index (χ4n) is 4.40. The summed E-state index contributed by atoms with van der Waals surface area (Å²) < 4.78 is 19.1. The molecule has 0 saturated carbocycles. The SMILES string of the molecule is CCCCC.O=c1nc(OCC2CCCO2)cc2n1CCc1cc(OCc3ccccc3)ccc1-2. The van der Waals surface area contributed by atoms with Crippen molar-refractivity contribution in [1.82, 2.24) is 9.55 Å². The van der Waals surface area contributed by atoms with E-state index in [1.165, 1.54) is 19.3 Å². The van der Waals surface area contributed by atoms with Crippen LogP contribution < -0.4 is 15.2 Å². The minimum absolute atomic E-state index is 0.0854. The lowest BCUT2D eigenvalue weighted by molar-refractivity contribution is 0.0661. The number of hydrogen-bond acceptors (Lipinski definition) is 5. The summed E-state index contributed by atoms with van der Waals surface area (Å²) in [7, 11) is 0. The van der Waals surface area contributed by atoms with Crippen LogP contribution in [0.15, 0.2) is 59.4 Å². The van der Waals surface area contributed by atoms with Crippen molar-refractivity contribution in [3.05, 3.63) is 76.2 Å². The molecule has 3 aromatic rings. The zero-order chi connectivity index (χ0) is 24.5. The van der Waals surface area contributed by atoms with Gasteiger partial charge in [0.05, 0.1) is 11.8 Å². The maximum absolute atomic E-state index is 12.5. The highest BCUT2D eigenvalue weighted by Crippen LogP contribution is 2.32. The molecule has 3 heterocycles. The first kappa shape index (κ1) is 25.0. The van der Waals surface area contributed by atoms with E-state index in [1.54, 1.807) is 4.57 Å². The average Bonchev–Trinajstić information content (AvgIpc) is 3.41. The first-order valence-corrected chi connectivity index (χ1v) is 12.8. The van der Waals surface area contributed by atoms with Crippen LogP contribution in [0.1, 0.15) is 57.1 Å². The summed E-state index contributed by atoms with van der Waals surface area (Å²) in [4.78, 5) is 16.6. The van der Waals surface area contributed by atoms with Gasteiger partial charge in [-0.2, -0.15) is 4.98 Å². The van der Waals surface area contributed by atoms with E-state index in [9.17, 15) is 4.79 Å². The summed E-state index contributed by atoms with van der Waals surface area (Å²) in [5.74, 6) is 1.19. The Morgan fingerprint density at radius 3 is 2.60 bits per heavy atom. The molecule has 35 heavy (non-hydrogen) atoms. The molecule has 2 aromatic carbocycles. The third-order valence-corrected chi connectivity index (χ3v) is 6.34. The summed E-state index contributed by atoms with van der Waals surface area (Å²) in [6.07, 6.45) is 6.96. The molecule has 2 aliphatic heterocycles. The average molecular weight is 477 g/mol. The van der Waals surface area contributed by atoms with E-state index in [1.807, 2.05) is 48.5 Å². The van der Waals surface area contributed by atoms with Gasteiger partial charge in [-0.25, -0.2) is 4.79 Å². The van der Waals surface area contributed by atoms with Crippen molar-refractivity contribution in [2.24, 2.45) is 0 Å². The summed E-state index contributed by atoms with van der Waals surface area (Å²) in [5, 5.41) is 0. The van der Waals surface area contributed by atoms with Crippen molar-refractivity contribution in [1.29, 1.82) is 0 Å². The molecule has 0 radical (unpaired) electrons. The molecule has 1 fully saturated rings. The highest BCUT2D eigenvalue weighted by Gasteiger charge is 2.21. The van der Waals surface area contributed by atoms with E-state index >= 15 is 0 Å². The Morgan fingerprint density at radius 2 is 1.89 bits per heavy atom. The predicted molar refractivity (Wildman–Crippen MR) is 138 cm³/mol. The Balaban J connectivity index is 0.000000527. The van der Waals surface area contributed by atoms with Crippen LogP contribution in [0, 0.1) is 0 Å². The molecule has 6 nitrogen and oxygen atoms in total. The summed E-state index contributed by atoms with van der Waals surface area (Å²) >= 11 is 0. The van der Waals surface area contributed by atoms with Gasteiger partial charge in [-0.1, -0.05) is 63.4 Å². The fraction of sp³-hybridized carbons (Fsp3) is 0.448.